The molecule has 3 aromatic heterocycles. The molecular weight excluding hydrogens is 442 g/mol. The van der Waals surface area contributed by atoms with Crippen LogP contribution in [-0.2, 0) is 13.2 Å². The highest BCUT2D eigenvalue weighted by atomic mass is 35.5. The molecule has 0 aliphatic rings. The number of aromatic nitrogens is 3. The van der Waals surface area contributed by atoms with Gasteiger partial charge in [0, 0.05) is 9.90 Å². The molecule has 0 fully saturated rings. The Labute approximate surface area is 186 Å². The molecule has 0 radical (unpaired) electrons. The SMILES string of the molecule is Cc1ccc(C(=O)CSc2nnc(COc3ccc(Cl)cc3)n2Cc2ccco2)s1. The van der Waals surface area contributed by atoms with Crippen molar-refractivity contribution in [3.63, 3.8) is 0 Å². The van der Waals surface area contributed by atoms with Crippen LogP contribution in [0.3, 0.4) is 0 Å². The lowest BCUT2D eigenvalue weighted by Crippen LogP contribution is -2.10. The summed E-state index contributed by atoms with van der Waals surface area (Å²) in [5.74, 6) is 2.45. The molecule has 0 saturated carbocycles. The predicted molar refractivity (Wildman–Crippen MR) is 118 cm³/mol. The molecule has 9 heteroatoms. The van der Waals surface area contributed by atoms with Gasteiger partial charge >= 0.3 is 0 Å². The van der Waals surface area contributed by atoms with Gasteiger partial charge in [0.05, 0.1) is 23.4 Å². The van der Waals surface area contributed by atoms with Crippen molar-refractivity contribution in [2.24, 2.45) is 0 Å². The van der Waals surface area contributed by atoms with E-state index < -0.39 is 0 Å². The topological polar surface area (TPSA) is 70.2 Å². The summed E-state index contributed by atoms with van der Waals surface area (Å²) in [6, 6.07) is 14.7. The van der Waals surface area contributed by atoms with Gasteiger partial charge in [0.25, 0.3) is 0 Å². The molecule has 4 aromatic rings. The zero-order chi connectivity index (χ0) is 20.9. The quantitative estimate of drug-likeness (QED) is 0.243. The molecule has 4 rings (SSSR count). The first-order valence-electron chi connectivity index (χ1n) is 9.14. The number of halogens is 1. The molecule has 1 aromatic carbocycles. The number of carbonyl (C=O) groups excluding carboxylic acids is 1. The summed E-state index contributed by atoms with van der Waals surface area (Å²) in [7, 11) is 0. The van der Waals surface area contributed by atoms with E-state index in [1.165, 1.54) is 23.1 Å². The summed E-state index contributed by atoms with van der Waals surface area (Å²) in [5, 5.41) is 9.84. The number of benzene rings is 1. The number of rotatable bonds is 9. The van der Waals surface area contributed by atoms with Gasteiger partial charge in [-0.3, -0.25) is 9.36 Å². The minimum atomic E-state index is 0.0737. The van der Waals surface area contributed by atoms with E-state index in [9.17, 15) is 4.79 Å². The van der Waals surface area contributed by atoms with E-state index in [4.69, 9.17) is 20.8 Å². The number of aryl methyl sites for hydroxylation is 1. The number of carbonyl (C=O) groups is 1. The number of thiophene rings is 1. The van der Waals surface area contributed by atoms with Crippen LogP contribution in [0.5, 0.6) is 5.75 Å². The minimum absolute atomic E-state index is 0.0737. The lowest BCUT2D eigenvalue weighted by atomic mass is 10.3. The molecule has 6 nitrogen and oxygen atoms in total. The highest BCUT2D eigenvalue weighted by Crippen LogP contribution is 2.24. The number of Topliss-reactive ketones (excluding diaryl/α,β-unsaturated/α-hetero) is 1. The Hall–Kier alpha value is -2.55. The van der Waals surface area contributed by atoms with Crippen molar-refractivity contribution in [3.05, 3.63) is 81.2 Å². The van der Waals surface area contributed by atoms with E-state index in [-0.39, 0.29) is 18.1 Å². The first-order valence-corrected chi connectivity index (χ1v) is 11.3. The smallest absolute Gasteiger partial charge is 0.192 e. The van der Waals surface area contributed by atoms with Crippen molar-refractivity contribution < 1.29 is 13.9 Å². The minimum Gasteiger partial charge on any atom is -0.486 e. The van der Waals surface area contributed by atoms with E-state index in [0.717, 1.165) is 15.5 Å². The Balaban J connectivity index is 1.49. The van der Waals surface area contributed by atoms with Crippen molar-refractivity contribution in [2.45, 2.75) is 25.2 Å². The molecule has 0 amide bonds. The number of ether oxygens (including phenoxy) is 1. The highest BCUT2D eigenvalue weighted by Gasteiger charge is 2.17. The number of hydrogen-bond donors (Lipinski definition) is 0. The fourth-order valence-corrected chi connectivity index (χ4v) is 4.58. The molecule has 0 aliphatic heterocycles. The molecule has 30 heavy (non-hydrogen) atoms. The Morgan fingerprint density at radius 2 is 2.03 bits per heavy atom. The first kappa shape index (κ1) is 20.7. The van der Waals surface area contributed by atoms with Crippen molar-refractivity contribution in [1.82, 2.24) is 14.8 Å². The van der Waals surface area contributed by atoms with Gasteiger partial charge in [-0.25, -0.2) is 0 Å². The van der Waals surface area contributed by atoms with Crippen LogP contribution >= 0.6 is 34.7 Å². The third-order valence-electron chi connectivity index (χ3n) is 4.22. The molecule has 0 unspecified atom stereocenters. The first-order chi connectivity index (χ1) is 14.6. The normalized spacial score (nSPS) is 11.0. The third-order valence-corrected chi connectivity index (χ3v) is 6.48. The number of furan rings is 1. The Kier molecular flexibility index (Phi) is 6.56. The van der Waals surface area contributed by atoms with Gasteiger partial charge in [-0.15, -0.1) is 21.5 Å². The van der Waals surface area contributed by atoms with Crippen LogP contribution in [0.1, 0.15) is 26.1 Å². The van der Waals surface area contributed by atoms with Gasteiger partial charge in [0.15, 0.2) is 16.8 Å². The van der Waals surface area contributed by atoms with Crippen LogP contribution in [0.2, 0.25) is 5.02 Å². The van der Waals surface area contributed by atoms with Gasteiger partial charge < -0.3 is 9.15 Å². The second kappa shape index (κ2) is 9.51. The molecule has 0 spiro atoms. The largest absolute Gasteiger partial charge is 0.486 e. The van der Waals surface area contributed by atoms with Crippen molar-refractivity contribution >= 4 is 40.5 Å². The van der Waals surface area contributed by atoms with Gasteiger partial charge in [0.1, 0.15) is 18.1 Å². The lowest BCUT2D eigenvalue weighted by molar-refractivity contribution is 0.102. The maximum atomic E-state index is 12.5. The second-order valence-corrected chi connectivity index (χ2v) is 9.10. The molecule has 154 valence electrons. The molecule has 0 aliphatic carbocycles. The van der Waals surface area contributed by atoms with Crippen molar-refractivity contribution in [1.29, 1.82) is 0 Å². The zero-order valence-corrected chi connectivity index (χ0v) is 18.5. The van der Waals surface area contributed by atoms with Crippen LogP contribution in [0.15, 0.2) is 64.4 Å². The van der Waals surface area contributed by atoms with Crippen molar-refractivity contribution in [2.75, 3.05) is 5.75 Å². The van der Waals surface area contributed by atoms with Gasteiger partial charge in [-0.1, -0.05) is 23.4 Å². The number of nitrogens with zero attached hydrogens (tertiary/aromatic N) is 3. The zero-order valence-electron chi connectivity index (χ0n) is 16.1. The average molecular weight is 460 g/mol. The van der Waals surface area contributed by atoms with Gasteiger partial charge in [0.2, 0.25) is 0 Å². The van der Waals surface area contributed by atoms with E-state index in [1.54, 1.807) is 30.5 Å². The van der Waals surface area contributed by atoms with Crippen LogP contribution in [-0.4, -0.2) is 26.3 Å². The van der Waals surface area contributed by atoms with Gasteiger partial charge in [-0.05, 0) is 55.5 Å². The summed E-state index contributed by atoms with van der Waals surface area (Å²) in [4.78, 5) is 14.4. The van der Waals surface area contributed by atoms with E-state index in [2.05, 4.69) is 10.2 Å². The summed E-state index contributed by atoms with van der Waals surface area (Å²) >= 11 is 8.78. The monoisotopic (exact) mass is 459 g/mol. The highest BCUT2D eigenvalue weighted by molar-refractivity contribution is 7.99. The maximum absolute atomic E-state index is 12.5. The molecule has 0 saturated heterocycles. The molecule has 0 atom stereocenters. The van der Waals surface area contributed by atoms with Crippen LogP contribution in [0.25, 0.3) is 0 Å². The summed E-state index contributed by atoms with van der Waals surface area (Å²) < 4.78 is 13.2. The number of hydrogen-bond acceptors (Lipinski definition) is 7. The molecule has 0 bridgehead atoms. The standard InChI is InChI=1S/C21H18ClN3O3S2/c1-14-4-9-19(30-14)18(26)13-29-21-24-23-20(25(21)11-17-3-2-10-27-17)12-28-16-7-5-15(22)6-8-16/h2-10H,11-13H2,1H3. The second-order valence-electron chi connectivity index (χ2n) is 6.43. The average Bonchev–Trinajstić information content (AvgIpc) is 3.49. The number of thioether (sulfide) groups is 1. The van der Waals surface area contributed by atoms with Crippen LogP contribution in [0, 0.1) is 6.92 Å². The Morgan fingerprint density at radius 1 is 1.20 bits per heavy atom. The van der Waals surface area contributed by atoms with E-state index in [0.29, 0.717) is 28.3 Å². The molecular formula is C21H18ClN3O3S2. The van der Waals surface area contributed by atoms with Crippen LogP contribution in [0.4, 0.5) is 0 Å². The maximum Gasteiger partial charge on any atom is 0.192 e. The summed E-state index contributed by atoms with van der Waals surface area (Å²) in [6.07, 6.45) is 1.62. The third kappa shape index (κ3) is 5.13. The molecule has 0 N–H and O–H groups in total. The van der Waals surface area contributed by atoms with E-state index in [1.807, 2.05) is 35.8 Å². The molecule has 3 heterocycles. The summed E-state index contributed by atoms with van der Waals surface area (Å²) in [5.41, 5.74) is 0. The Morgan fingerprint density at radius 3 is 2.73 bits per heavy atom. The predicted octanol–water partition coefficient (Wildman–Crippen LogP) is 5.50. The fraction of sp³-hybridized carbons (Fsp3) is 0.190. The summed E-state index contributed by atoms with van der Waals surface area (Å²) in [6.45, 7) is 2.67. The fourth-order valence-electron chi connectivity index (χ4n) is 2.71. The van der Waals surface area contributed by atoms with Gasteiger partial charge in [-0.2, -0.15) is 0 Å². The Bertz CT molecular complexity index is 1120. The van der Waals surface area contributed by atoms with Crippen LogP contribution < -0.4 is 4.74 Å². The van der Waals surface area contributed by atoms with Crippen molar-refractivity contribution in [3.8, 4) is 5.75 Å². The van der Waals surface area contributed by atoms with E-state index >= 15 is 0 Å². The number of ketones is 1. The lowest BCUT2D eigenvalue weighted by Gasteiger charge is -2.10.